The van der Waals surface area contributed by atoms with Crippen LogP contribution < -0.4 is 37.2 Å². The van der Waals surface area contributed by atoms with Crippen LogP contribution in [0.2, 0.25) is 0 Å². The third-order valence-electron chi connectivity index (χ3n) is 7.46. The Hall–Kier alpha value is -4.92. The summed E-state index contributed by atoms with van der Waals surface area (Å²) < 4.78 is 20.6. The topological polar surface area (TPSA) is 264 Å². The summed E-state index contributed by atoms with van der Waals surface area (Å²) in [5, 5.41) is 18.8. The molecule has 0 saturated heterocycles. The zero-order valence-electron chi connectivity index (χ0n) is 39.7. The molecule has 21 heteroatoms. The van der Waals surface area contributed by atoms with E-state index in [9.17, 15) is 38.4 Å². The number of nitrogens with zero attached hydrogens (tertiary/aromatic N) is 2. The van der Waals surface area contributed by atoms with Crippen LogP contribution in [0.15, 0.2) is 0 Å². The normalized spacial score (nSPS) is 11.4. The molecule has 0 aromatic heterocycles. The Labute approximate surface area is 368 Å². The Bertz CT molecular complexity index is 1340. The number of carbonyl (C=O) groups excluding carboxylic acids is 8. The number of carbonyl (C=O) groups is 8. The summed E-state index contributed by atoms with van der Waals surface area (Å²) in [5.74, 6) is -1.32. The minimum atomic E-state index is -0.687. The van der Waals surface area contributed by atoms with E-state index in [2.05, 4.69) is 37.2 Å². The molecular weight excluding hydrogens is 811 g/mol. The van der Waals surface area contributed by atoms with Gasteiger partial charge in [-0.2, -0.15) is 0 Å². The second-order valence-electron chi connectivity index (χ2n) is 17.9. The van der Waals surface area contributed by atoms with Crippen molar-refractivity contribution in [3.05, 3.63) is 0 Å². The quantitative estimate of drug-likeness (QED) is 0.0392. The molecule has 62 heavy (non-hydrogen) atoms. The van der Waals surface area contributed by atoms with Gasteiger partial charge in [-0.25, -0.2) is 14.4 Å². The molecule has 0 aliphatic carbocycles. The van der Waals surface area contributed by atoms with Gasteiger partial charge in [0.25, 0.3) is 0 Å². The van der Waals surface area contributed by atoms with Crippen LogP contribution in [0.4, 0.5) is 14.4 Å². The standard InChI is InChI=1S/C36H67N9O11.C5H12O/c1-34(2,3)54-31(51)41-19-23-44(22-18-38-26-46)29(49)12-10-27(47)39-16-14-37-15-17-40-28(48)11-13-30(50)45(24-20-42-32(52)55-35(4,5)6)25-21-43-33(53)56-36(7,8)9;1-5(2,3)6-4/h26,37H,10-25H2,1-9H3,(H,38,46)(H,39,47)(H,40,48)(H,41,51)(H,42,52)(H,43,53);1-4H3. The minimum absolute atomic E-state index is 0.0417. The highest BCUT2D eigenvalue weighted by Gasteiger charge is 2.21. The number of ether oxygens (including phenoxy) is 4. The van der Waals surface area contributed by atoms with Crippen LogP contribution in [0.3, 0.4) is 0 Å². The maximum atomic E-state index is 13.0. The molecule has 0 aliphatic heterocycles. The molecule has 0 bridgehead atoms. The van der Waals surface area contributed by atoms with E-state index in [0.29, 0.717) is 19.5 Å². The Morgan fingerprint density at radius 3 is 1.02 bits per heavy atom. The summed E-state index contributed by atoms with van der Waals surface area (Å²) in [6.07, 6.45) is -1.65. The van der Waals surface area contributed by atoms with E-state index < -0.39 is 35.1 Å². The third-order valence-corrected chi connectivity index (χ3v) is 7.46. The lowest BCUT2D eigenvalue weighted by Crippen LogP contribution is -2.44. The van der Waals surface area contributed by atoms with Crippen LogP contribution in [0.5, 0.6) is 0 Å². The van der Waals surface area contributed by atoms with E-state index in [1.807, 2.05) is 20.8 Å². The van der Waals surface area contributed by atoms with Gasteiger partial charge in [0.15, 0.2) is 0 Å². The molecule has 0 saturated carbocycles. The van der Waals surface area contributed by atoms with Crippen LogP contribution in [0.1, 0.15) is 109 Å². The van der Waals surface area contributed by atoms with Crippen LogP contribution in [0.25, 0.3) is 0 Å². The minimum Gasteiger partial charge on any atom is -0.444 e. The summed E-state index contributed by atoms with van der Waals surface area (Å²) in [5.41, 5.74) is -2.00. The van der Waals surface area contributed by atoms with Gasteiger partial charge in [0, 0.05) is 111 Å². The van der Waals surface area contributed by atoms with E-state index in [0.717, 1.165) is 0 Å². The molecule has 0 rings (SSSR count). The SMILES string of the molecule is CC(C)(C)OC(=O)NCCN(CCNC=O)C(=O)CCC(=O)NCCNCCNC(=O)CCC(=O)N(CCNC(=O)OC(C)(C)C)CCNC(=O)OC(C)(C)C.COC(C)(C)C. The monoisotopic (exact) mass is 890 g/mol. The van der Waals surface area contributed by atoms with E-state index in [4.69, 9.17) is 18.9 Å². The molecule has 360 valence electrons. The highest BCUT2D eigenvalue weighted by atomic mass is 16.6. The van der Waals surface area contributed by atoms with Crippen molar-refractivity contribution in [1.82, 2.24) is 47.0 Å². The largest absolute Gasteiger partial charge is 0.444 e. The molecule has 0 spiro atoms. The van der Waals surface area contributed by atoms with Gasteiger partial charge >= 0.3 is 18.3 Å². The maximum Gasteiger partial charge on any atom is 0.407 e. The molecule has 0 aliphatic rings. The predicted molar refractivity (Wildman–Crippen MR) is 234 cm³/mol. The maximum absolute atomic E-state index is 13.0. The molecule has 0 atom stereocenters. The number of hydrogen-bond donors (Lipinski definition) is 7. The summed E-state index contributed by atoms with van der Waals surface area (Å²) in [6.45, 7) is 24.2. The number of nitrogens with one attached hydrogen (secondary N) is 7. The van der Waals surface area contributed by atoms with Crippen molar-refractivity contribution in [2.75, 3.05) is 85.6 Å². The zero-order valence-corrected chi connectivity index (χ0v) is 39.7. The van der Waals surface area contributed by atoms with Gasteiger partial charge in [-0.1, -0.05) is 0 Å². The highest BCUT2D eigenvalue weighted by molar-refractivity contribution is 5.84. The van der Waals surface area contributed by atoms with Gasteiger partial charge in [0.2, 0.25) is 30.0 Å². The van der Waals surface area contributed by atoms with Crippen molar-refractivity contribution in [3.63, 3.8) is 0 Å². The fourth-order valence-electron chi connectivity index (χ4n) is 4.44. The Morgan fingerprint density at radius 2 is 0.742 bits per heavy atom. The third kappa shape index (κ3) is 39.2. The van der Waals surface area contributed by atoms with Crippen LogP contribution in [-0.4, -0.2) is 166 Å². The van der Waals surface area contributed by atoms with Gasteiger partial charge in [-0.05, 0) is 83.1 Å². The lowest BCUT2D eigenvalue weighted by atomic mass is 10.2. The van der Waals surface area contributed by atoms with Gasteiger partial charge < -0.3 is 66.0 Å². The average Bonchev–Trinajstić information content (AvgIpc) is 3.12. The number of methoxy groups -OCH3 is 1. The van der Waals surface area contributed by atoms with Gasteiger partial charge in [-0.3, -0.25) is 24.0 Å². The number of hydrogen-bond acceptors (Lipinski definition) is 13. The molecule has 0 aromatic rings. The number of rotatable bonds is 25. The van der Waals surface area contributed by atoms with Crippen molar-refractivity contribution in [1.29, 1.82) is 0 Å². The fraction of sp³-hybridized carbons (Fsp3) is 0.805. The fourth-order valence-corrected chi connectivity index (χ4v) is 4.44. The van der Waals surface area contributed by atoms with Crippen molar-refractivity contribution in [2.45, 2.75) is 131 Å². The summed E-state index contributed by atoms with van der Waals surface area (Å²) in [6, 6.07) is 0. The highest BCUT2D eigenvalue weighted by Crippen LogP contribution is 2.09. The van der Waals surface area contributed by atoms with Crippen molar-refractivity contribution < 1.29 is 57.3 Å². The molecule has 0 heterocycles. The van der Waals surface area contributed by atoms with Gasteiger partial charge in [0.05, 0.1) is 5.60 Å². The average molecular weight is 890 g/mol. The van der Waals surface area contributed by atoms with Crippen LogP contribution >= 0.6 is 0 Å². The van der Waals surface area contributed by atoms with Gasteiger partial charge in [0.1, 0.15) is 16.8 Å². The summed E-state index contributed by atoms with van der Waals surface area (Å²) in [7, 11) is 1.71. The molecule has 0 aromatic carbocycles. The van der Waals surface area contributed by atoms with E-state index in [1.54, 1.807) is 69.4 Å². The lowest BCUT2D eigenvalue weighted by molar-refractivity contribution is -0.133. The molecule has 0 unspecified atom stereocenters. The van der Waals surface area contributed by atoms with Crippen molar-refractivity contribution in [2.24, 2.45) is 0 Å². The first kappa shape index (κ1) is 59.2. The lowest BCUT2D eigenvalue weighted by Gasteiger charge is -2.25. The molecule has 0 fully saturated rings. The van der Waals surface area contributed by atoms with Crippen LogP contribution in [0, 0.1) is 0 Å². The predicted octanol–water partition coefficient (Wildman–Crippen LogP) is 1.78. The summed E-state index contributed by atoms with van der Waals surface area (Å²) in [4.78, 5) is 99.9. The van der Waals surface area contributed by atoms with E-state index in [1.165, 1.54) is 9.80 Å². The first-order valence-corrected chi connectivity index (χ1v) is 21.0. The summed E-state index contributed by atoms with van der Waals surface area (Å²) >= 11 is 0. The Kier molecular flexibility index (Phi) is 29.6. The molecular formula is C41H79N9O12. The van der Waals surface area contributed by atoms with Gasteiger partial charge in [-0.15, -0.1) is 0 Å². The second-order valence-corrected chi connectivity index (χ2v) is 17.9. The molecule has 21 nitrogen and oxygen atoms in total. The van der Waals surface area contributed by atoms with Crippen molar-refractivity contribution in [3.8, 4) is 0 Å². The first-order chi connectivity index (χ1) is 28.6. The van der Waals surface area contributed by atoms with Crippen molar-refractivity contribution >= 4 is 48.3 Å². The molecule has 7 N–H and O–H groups in total. The first-order valence-electron chi connectivity index (χ1n) is 21.0. The number of alkyl carbamates (subject to hydrolysis) is 3. The molecule has 8 amide bonds. The zero-order chi connectivity index (χ0) is 48.0. The smallest absolute Gasteiger partial charge is 0.407 e. The Balaban J connectivity index is 0. The molecule has 0 radical (unpaired) electrons. The second kappa shape index (κ2) is 31.0. The van der Waals surface area contributed by atoms with Crippen LogP contribution in [-0.2, 0) is 42.9 Å². The Morgan fingerprint density at radius 1 is 0.435 bits per heavy atom. The van der Waals surface area contributed by atoms with E-state index in [-0.39, 0.29) is 120 Å². The number of amides is 8. The van der Waals surface area contributed by atoms with E-state index >= 15 is 0 Å².